The summed E-state index contributed by atoms with van der Waals surface area (Å²) in [5.41, 5.74) is 3.59. The van der Waals surface area contributed by atoms with Crippen molar-refractivity contribution < 1.29 is 19.5 Å². The van der Waals surface area contributed by atoms with Crippen molar-refractivity contribution in [3.05, 3.63) is 85.0 Å². The van der Waals surface area contributed by atoms with Gasteiger partial charge in [0.2, 0.25) is 11.8 Å². The average molecular weight is 602 g/mol. The minimum Gasteiger partial charge on any atom is -0.396 e. The summed E-state index contributed by atoms with van der Waals surface area (Å²) < 4.78 is -0.730. The molecule has 2 aromatic carbocycles. The van der Waals surface area contributed by atoms with Crippen LogP contribution in [0.1, 0.15) is 37.3 Å². The molecule has 3 heterocycles. The Kier molecular flexibility index (Phi) is 9.18. The SMILES string of the molecule is C=CCN(C(=O)[C@@H]1[C@H]2C(=O)N(CCCCO)C(C(=O)N(CC=C)c3cc(C)ccc3C)C23S[C@@H]1CC3C)c1ccccc1. The van der Waals surface area contributed by atoms with E-state index in [0.29, 0.717) is 32.5 Å². The lowest BCUT2D eigenvalue weighted by atomic mass is 9.65. The third kappa shape index (κ3) is 5.22. The normalized spacial score (nSPS) is 27.2. The molecular formula is C35H43N3O4S. The number of unbranched alkanes of at least 4 members (excludes halogenated alkanes) is 1. The lowest BCUT2D eigenvalue weighted by Gasteiger charge is -2.41. The predicted octanol–water partition coefficient (Wildman–Crippen LogP) is 5.15. The van der Waals surface area contributed by atoms with Crippen LogP contribution in [0.4, 0.5) is 11.4 Å². The molecule has 3 aliphatic heterocycles. The molecule has 0 aromatic heterocycles. The monoisotopic (exact) mass is 601 g/mol. The van der Waals surface area contributed by atoms with E-state index < -0.39 is 22.6 Å². The summed E-state index contributed by atoms with van der Waals surface area (Å²) in [4.78, 5) is 49.2. The molecule has 1 spiro atoms. The van der Waals surface area contributed by atoms with Crippen LogP contribution in [-0.4, -0.2) is 70.0 Å². The molecule has 228 valence electrons. The molecule has 3 fully saturated rings. The molecule has 2 aromatic rings. The van der Waals surface area contributed by atoms with E-state index in [2.05, 4.69) is 20.1 Å². The highest BCUT2D eigenvalue weighted by molar-refractivity contribution is 8.02. The van der Waals surface area contributed by atoms with Crippen molar-refractivity contribution in [2.75, 3.05) is 36.0 Å². The molecule has 43 heavy (non-hydrogen) atoms. The van der Waals surface area contributed by atoms with E-state index in [-0.39, 0.29) is 35.5 Å². The van der Waals surface area contributed by atoms with Crippen LogP contribution in [0.5, 0.6) is 0 Å². The van der Waals surface area contributed by atoms with Crippen molar-refractivity contribution >= 4 is 40.9 Å². The van der Waals surface area contributed by atoms with Gasteiger partial charge in [-0.15, -0.1) is 24.9 Å². The van der Waals surface area contributed by atoms with Gasteiger partial charge < -0.3 is 19.8 Å². The molecule has 3 unspecified atom stereocenters. The smallest absolute Gasteiger partial charge is 0.251 e. The number of benzene rings is 2. The number of nitrogens with zero attached hydrogens (tertiary/aromatic N) is 3. The van der Waals surface area contributed by atoms with Gasteiger partial charge in [0, 0.05) is 42.9 Å². The number of likely N-dealkylation sites (tertiary alicyclic amines) is 1. The first kappa shape index (κ1) is 31.1. The fourth-order valence-electron chi connectivity index (χ4n) is 7.55. The van der Waals surface area contributed by atoms with E-state index in [1.807, 2.05) is 62.4 Å². The second-order valence-corrected chi connectivity index (χ2v) is 13.7. The molecule has 1 N–H and O–H groups in total. The van der Waals surface area contributed by atoms with Crippen LogP contribution in [0.3, 0.4) is 0 Å². The summed E-state index contributed by atoms with van der Waals surface area (Å²) in [7, 11) is 0. The number of amides is 3. The number of thioether (sulfide) groups is 1. The van der Waals surface area contributed by atoms with Crippen LogP contribution in [0, 0.1) is 31.6 Å². The van der Waals surface area contributed by atoms with Crippen LogP contribution in [-0.2, 0) is 14.4 Å². The highest BCUT2D eigenvalue weighted by Crippen LogP contribution is 2.69. The van der Waals surface area contributed by atoms with E-state index in [9.17, 15) is 19.5 Å². The van der Waals surface area contributed by atoms with Crippen molar-refractivity contribution in [1.82, 2.24) is 4.90 Å². The molecule has 5 rings (SSSR count). The number of para-hydroxylation sites is 1. The Morgan fingerprint density at radius 1 is 1.05 bits per heavy atom. The molecular weight excluding hydrogens is 558 g/mol. The van der Waals surface area contributed by atoms with Gasteiger partial charge in [-0.05, 0) is 68.4 Å². The molecule has 2 bridgehead atoms. The molecule has 3 saturated heterocycles. The minimum atomic E-state index is -0.730. The lowest BCUT2D eigenvalue weighted by Crippen LogP contribution is -2.58. The maximum atomic E-state index is 14.9. The summed E-state index contributed by atoms with van der Waals surface area (Å²) in [6, 6.07) is 14.9. The fraction of sp³-hybridized carbons (Fsp3) is 0.457. The van der Waals surface area contributed by atoms with Crippen LogP contribution in [0.25, 0.3) is 0 Å². The number of rotatable bonds is 12. The molecule has 0 aliphatic carbocycles. The third-order valence-electron chi connectivity index (χ3n) is 9.45. The van der Waals surface area contributed by atoms with Gasteiger partial charge in [0.15, 0.2) is 0 Å². The topological polar surface area (TPSA) is 81.2 Å². The number of carbonyl (C=O) groups is 3. The van der Waals surface area contributed by atoms with Crippen molar-refractivity contribution in [3.8, 4) is 0 Å². The first-order valence-electron chi connectivity index (χ1n) is 15.3. The third-order valence-corrected chi connectivity index (χ3v) is 11.5. The van der Waals surface area contributed by atoms with Crippen LogP contribution >= 0.6 is 11.8 Å². The van der Waals surface area contributed by atoms with Gasteiger partial charge in [-0.1, -0.05) is 49.4 Å². The van der Waals surface area contributed by atoms with Crippen molar-refractivity contribution in [1.29, 1.82) is 0 Å². The largest absolute Gasteiger partial charge is 0.396 e. The molecule has 3 amide bonds. The van der Waals surface area contributed by atoms with Crippen LogP contribution < -0.4 is 9.80 Å². The lowest BCUT2D eigenvalue weighted by molar-refractivity contribution is -0.139. The van der Waals surface area contributed by atoms with Crippen LogP contribution in [0.2, 0.25) is 0 Å². The molecule has 6 atom stereocenters. The molecule has 7 nitrogen and oxygen atoms in total. The molecule has 0 radical (unpaired) electrons. The molecule has 8 heteroatoms. The van der Waals surface area contributed by atoms with Gasteiger partial charge >= 0.3 is 0 Å². The number of aryl methyl sites for hydroxylation is 2. The van der Waals surface area contributed by atoms with Crippen molar-refractivity contribution in [2.45, 2.75) is 56.1 Å². The number of fused-ring (bicyclic) bond motifs is 1. The second-order valence-electron chi connectivity index (χ2n) is 12.1. The van der Waals surface area contributed by atoms with Gasteiger partial charge in [-0.3, -0.25) is 14.4 Å². The molecule has 0 saturated carbocycles. The number of anilines is 2. The Bertz CT molecular complexity index is 1400. The Balaban J connectivity index is 1.60. The highest BCUT2D eigenvalue weighted by Gasteiger charge is 2.76. The Hall–Kier alpha value is -3.36. The number of aliphatic hydroxyl groups is 1. The number of hydrogen-bond acceptors (Lipinski definition) is 5. The number of carbonyl (C=O) groups excluding carboxylic acids is 3. The molecule has 3 aliphatic rings. The van der Waals surface area contributed by atoms with Crippen molar-refractivity contribution in [2.24, 2.45) is 17.8 Å². The Morgan fingerprint density at radius 3 is 2.42 bits per heavy atom. The van der Waals surface area contributed by atoms with Crippen LogP contribution in [0.15, 0.2) is 73.8 Å². The maximum absolute atomic E-state index is 14.9. The van der Waals surface area contributed by atoms with Gasteiger partial charge in [0.25, 0.3) is 5.91 Å². The van der Waals surface area contributed by atoms with E-state index in [1.165, 1.54) is 0 Å². The Morgan fingerprint density at radius 2 is 1.74 bits per heavy atom. The second kappa shape index (κ2) is 12.7. The van der Waals surface area contributed by atoms with Gasteiger partial charge in [-0.25, -0.2) is 0 Å². The van der Waals surface area contributed by atoms with Gasteiger partial charge in [0.1, 0.15) is 6.04 Å². The average Bonchev–Trinajstić information content (AvgIpc) is 3.59. The zero-order chi connectivity index (χ0) is 30.9. The summed E-state index contributed by atoms with van der Waals surface area (Å²) in [5, 5.41) is 9.47. The van der Waals surface area contributed by atoms with E-state index in [4.69, 9.17) is 0 Å². The first-order valence-corrected chi connectivity index (χ1v) is 16.1. The fourth-order valence-corrected chi connectivity index (χ4v) is 9.96. The summed E-state index contributed by atoms with van der Waals surface area (Å²) in [5.74, 6) is -1.43. The van der Waals surface area contributed by atoms with Crippen molar-refractivity contribution in [3.63, 3.8) is 0 Å². The predicted molar refractivity (Wildman–Crippen MR) is 174 cm³/mol. The van der Waals surface area contributed by atoms with E-state index in [1.54, 1.807) is 38.6 Å². The maximum Gasteiger partial charge on any atom is 0.251 e. The van der Waals surface area contributed by atoms with E-state index >= 15 is 0 Å². The standard InChI is InChI=1S/C35H43N3O4S/c1-6-17-36(26-13-9-8-10-14-26)32(40)29-28-22-25(5)35(43-28)30(29)33(41)38(19-11-12-20-39)31(35)34(42)37(18-7-2)27-21-23(3)15-16-24(27)4/h6-10,13-16,21,25,28-31,39H,1-2,11-12,17-20,22H2,3-5H3/t25?,28-,29+,30+,31?,35?/m1/s1. The summed E-state index contributed by atoms with van der Waals surface area (Å²) >= 11 is 1.69. The zero-order valence-electron chi connectivity index (χ0n) is 25.4. The summed E-state index contributed by atoms with van der Waals surface area (Å²) in [6.45, 7) is 15.0. The number of hydrogen-bond donors (Lipinski definition) is 1. The zero-order valence-corrected chi connectivity index (χ0v) is 26.3. The Labute approximate surface area is 259 Å². The number of aliphatic hydroxyl groups excluding tert-OH is 1. The minimum absolute atomic E-state index is 0.0161. The first-order chi connectivity index (χ1) is 20.7. The highest BCUT2D eigenvalue weighted by atomic mass is 32.2. The summed E-state index contributed by atoms with van der Waals surface area (Å²) in [6.07, 6.45) is 5.31. The quantitative estimate of drug-likeness (QED) is 0.269. The van der Waals surface area contributed by atoms with E-state index in [0.717, 1.165) is 28.9 Å². The van der Waals surface area contributed by atoms with Gasteiger partial charge in [0.05, 0.1) is 16.6 Å². The van der Waals surface area contributed by atoms with Gasteiger partial charge in [-0.2, -0.15) is 0 Å².